The number of hydrogen-bond donors (Lipinski definition) is 0. The molecule has 1 aliphatic heterocycles. The molecule has 0 N–H and O–H groups in total. The second kappa shape index (κ2) is 8.53. The van der Waals surface area contributed by atoms with Gasteiger partial charge in [0.05, 0.1) is 11.5 Å². The van der Waals surface area contributed by atoms with Gasteiger partial charge in [-0.05, 0) is 61.2 Å². The summed E-state index contributed by atoms with van der Waals surface area (Å²) in [5, 5.41) is 0.614. The van der Waals surface area contributed by atoms with Crippen LogP contribution in [0.25, 0.3) is 0 Å². The summed E-state index contributed by atoms with van der Waals surface area (Å²) in [6.07, 6.45) is 0.450. The number of benzene rings is 2. The van der Waals surface area contributed by atoms with Crippen LogP contribution in [-0.2, 0) is 21.2 Å². The molecule has 3 rings (SSSR count). The smallest absolute Gasteiger partial charge is 0.261 e. The van der Waals surface area contributed by atoms with E-state index in [9.17, 15) is 13.2 Å². The van der Waals surface area contributed by atoms with Gasteiger partial charge >= 0.3 is 0 Å². The first-order valence-corrected chi connectivity index (χ1v) is 11.4. The molecule has 1 atom stereocenters. The van der Waals surface area contributed by atoms with E-state index in [4.69, 9.17) is 16.3 Å². The van der Waals surface area contributed by atoms with Gasteiger partial charge in [-0.25, -0.2) is 8.42 Å². The lowest BCUT2D eigenvalue weighted by Crippen LogP contribution is -2.43. The van der Waals surface area contributed by atoms with Crippen molar-refractivity contribution in [1.82, 2.24) is 4.90 Å². The van der Waals surface area contributed by atoms with Crippen LogP contribution >= 0.6 is 11.6 Å². The van der Waals surface area contributed by atoms with Gasteiger partial charge in [0.15, 0.2) is 16.4 Å². The number of sulfone groups is 1. The van der Waals surface area contributed by atoms with E-state index in [1.165, 1.54) is 0 Å². The number of hydrogen-bond acceptors (Lipinski definition) is 4. The Hall–Kier alpha value is -2.05. The van der Waals surface area contributed by atoms with Crippen molar-refractivity contribution in [2.45, 2.75) is 32.9 Å². The van der Waals surface area contributed by atoms with E-state index in [0.29, 0.717) is 23.7 Å². The highest BCUT2D eigenvalue weighted by Crippen LogP contribution is 2.22. The number of halogens is 1. The van der Waals surface area contributed by atoms with Crippen LogP contribution in [0, 0.1) is 13.8 Å². The van der Waals surface area contributed by atoms with Gasteiger partial charge < -0.3 is 9.64 Å². The summed E-state index contributed by atoms with van der Waals surface area (Å²) < 4.78 is 29.5. The summed E-state index contributed by atoms with van der Waals surface area (Å²) in [6.45, 7) is 4.19. The van der Waals surface area contributed by atoms with Crippen molar-refractivity contribution in [2.24, 2.45) is 0 Å². The number of nitrogens with zero attached hydrogens (tertiary/aromatic N) is 1. The molecule has 0 bridgehead atoms. The standard InChI is InChI=1S/C21H24ClNO4S/c1-15-3-8-20(11-16(15)2)27-13-21(24)23(19-9-10-28(25,26)14-19)12-17-4-6-18(22)7-5-17/h3-8,11,19H,9-10,12-14H2,1-2H3/t19-/m0/s1. The highest BCUT2D eigenvalue weighted by molar-refractivity contribution is 7.91. The first-order chi connectivity index (χ1) is 13.2. The molecule has 0 spiro atoms. The van der Waals surface area contributed by atoms with Gasteiger partial charge in [-0.2, -0.15) is 0 Å². The lowest BCUT2D eigenvalue weighted by molar-refractivity contribution is -0.136. The van der Waals surface area contributed by atoms with Crippen LogP contribution in [-0.4, -0.2) is 43.4 Å². The molecule has 28 heavy (non-hydrogen) atoms. The van der Waals surface area contributed by atoms with Crippen LogP contribution in [0.5, 0.6) is 5.75 Å². The highest BCUT2D eigenvalue weighted by atomic mass is 35.5. The minimum Gasteiger partial charge on any atom is -0.484 e. The first-order valence-electron chi connectivity index (χ1n) is 9.18. The van der Waals surface area contributed by atoms with Crippen molar-refractivity contribution in [2.75, 3.05) is 18.1 Å². The van der Waals surface area contributed by atoms with Crippen LogP contribution in [0.2, 0.25) is 5.02 Å². The summed E-state index contributed by atoms with van der Waals surface area (Å²) in [6, 6.07) is 12.5. The third-order valence-corrected chi connectivity index (χ3v) is 7.08. The van der Waals surface area contributed by atoms with Crippen molar-refractivity contribution in [3.05, 3.63) is 64.2 Å². The van der Waals surface area contributed by atoms with Crippen LogP contribution in [0.4, 0.5) is 0 Å². The molecule has 0 unspecified atom stereocenters. The number of carbonyl (C=O) groups excluding carboxylic acids is 1. The van der Waals surface area contributed by atoms with Crippen LogP contribution in [0.1, 0.15) is 23.1 Å². The van der Waals surface area contributed by atoms with Gasteiger partial charge in [0.25, 0.3) is 5.91 Å². The van der Waals surface area contributed by atoms with E-state index in [-0.39, 0.29) is 30.1 Å². The average Bonchev–Trinajstić information content (AvgIpc) is 3.01. The van der Waals surface area contributed by atoms with Gasteiger partial charge in [-0.15, -0.1) is 0 Å². The Balaban J connectivity index is 1.73. The predicted molar refractivity (Wildman–Crippen MR) is 110 cm³/mol. The number of aryl methyl sites for hydroxylation is 2. The zero-order valence-corrected chi connectivity index (χ0v) is 17.6. The fourth-order valence-electron chi connectivity index (χ4n) is 3.26. The Morgan fingerprint density at radius 2 is 1.86 bits per heavy atom. The van der Waals surface area contributed by atoms with E-state index in [1.807, 2.05) is 44.2 Å². The maximum atomic E-state index is 12.9. The zero-order valence-electron chi connectivity index (χ0n) is 16.0. The lowest BCUT2D eigenvalue weighted by Gasteiger charge is -2.28. The van der Waals surface area contributed by atoms with E-state index in [0.717, 1.165) is 16.7 Å². The average molecular weight is 422 g/mol. The number of ether oxygens (including phenoxy) is 1. The Kier molecular flexibility index (Phi) is 6.30. The maximum Gasteiger partial charge on any atom is 0.261 e. The summed E-state index contributed by atoms with van der Waals surface area (Å²) in [4.78, 5) is 14.5. The topological polar surface area (TPSA) is 63.7 Å². The van der Waals surface area contributed by atoms with Crippen molar-refractivity contribution in [1.29, 1.82) is 0 Å². The Morgan fingerprint density at radius 1 is 1.14 bits per heavy atom. The minimum absolute atomic E-state index is 0.00400. The zero-order chi connectivity index (χ0) is 20.3. The molecule has 150 valence electrons. The predicted octanol–water partition coefficient (Wildman–Crippen LogP) is 3.55. The summed E-state index contributed by atoms with van der Waals surface area (Å²) in [5.74, 6) is 0.507. The molecule has 2 aromatic rings. The third kappa shape index (κ3) is 5.26. The summed E-state index contributed by atoms with van der Waals surface area (Å²) >= 11 is 5.94. The molecule has 0 saturated carbocycles. The molecular formula is C21H24ClNO4S. The van der Waals surface area contributed by atoms with Crippen LogP contribution in [0.15, 0.2) is 42.5 Å². The first kappa shape index (κ1) is 20.7. The minimum atomic E-state index is -3.11. The summed E-state index contributed by atoms with van der Waals surface area (Å²) in [7, 11) is -3.11. The largest absolute Gasteiger partial charge is 0.484 e. The van der Waals surface area contributed by atoms with Gasteiger partial charge in [0.2, 0.25) is 0 Å². The molecule has 0 aliphatic carbocycles. The van der Waals surface area contributed by atoms with E-state index in [1.54, 1.807) is 17.0 Å². The molecule has 0 aromatic heterocycles. The van der Waals surface area contributed by atoms with Gasteiger partial charge in [-0.1, -0.05) is 29.8 Å². The van der Waals surface area contributed by atoms with Crippen LogP contribution in [0.3, 0.4) is 0 Å². The third-order valence-electron chi connectivity index (χ3n) is 5.08. The van der Waals surface area contributed by atoms with Crippen molar-refractivity contribution < 1.29 is 17.9 Å². The molecule has 7 heteroatoms. The second-order valence-corrected chi connectivity index (χ2v) is 9.90. The molecule has 1 saturated heterocycles. The van der Waals surface area contributed by atoms with Crippen molar-refractivity contribution >= 4 is 27.3 Å². The fourth-order valence-corrected chi connectivity index (χ4v) is 5.12. The highest BCUT2D eigenvalue weighted by Gasteiger charge is 2.34. The number of rotatable bonds is 6. The van der Waals surface area contributed by atoms with E-state index in [2.05, 4.69) is 0 Å². The Morgan fingerprint density at radius 3 is 2.46 bits per heavy atom. The molecule has 1 fully saturated rings. The molecular weight excluding hydrogens is 398 g/mol. The maximum absolute atomic E-state index is 12.9. The molecule has 1 heterocycles. The van der Waals surface area contributed by atoms with E-state index < -0.39 is 9.84 Å². The van der Waals surface area contributed by atoms with Gasteiger partial charge in [0, 0.05) is 17.6 Å². The lowest BCUT2D eigenvalue weighted by atomic mass is 10.1. The van der Waals surface area contributed by atoms with E-state index >= 15 is 0 Å². The second-order valence-electron chi connectivity index (χ2n) is 7.24. The molecule has 5 nitrogen and oxygen atoms in total. The molecule has 1 amide bonds. The Labute approximate surface area is 171 Å². The van der Waals surface area contributed by atoms with Gasteiger partial charge in [0.1, 0.15) is 5.75 Å². The number of amides is 1. The molecule has 0 radical (unpaired) electrons. The Bertz CT molecular complexity index is 957. The fraction of sp³-hybridized carbons (Fsp3) is 0.381. The molecule has 1 aliphatic rings. The monoisotopic (exact) mass is 421 g/mol. The van der Waals surface area contributed by atoms with Crippen molar-refractivity contribution in [3.63, 3.8) is 0 Å². The SMILES string of the molecule is Cc1ccc(OCC(=O)N(Cc2ccc(Cl)cc2)[C@H]2CCS(=O)(=O)C2)cc1C. The van der Waals surface area contributed by atoms with Gasteiger partial charge in [-0.3, -0.25) is 4.79 Å². The van der Waals surface area contributed by atoms with Crippen LogP contribution < -0.4 is 4.74 Å². The van der Waals surface area contributed by atoms with Crippen molar-refractivity contribution in [3.8, 4) is 5.75 Å². The molecule has 2 aromatic carbocycles. The quantitative estimate of drug-likeness (QED) is 0.715. The summed E-state index contributed by atoms with van der Waals surface area (Å²) in [5.41, 5.74) is 3.14. The number of carbonyl (C=O) groups is 1. The normalized spacial score (nSPS) is 18.0.